The average molecular weight is 382 g/mol. The van der Waals surface area contributed by atoms with Crippen molar-refractivity contribution in [1.82, 2.24) is 4.98 Å². The standard InChI is InChI=1S/C21H23N3O2S/c1-5-26-19-8-6-7-17(20(19)25-4)12-22-24-21-23-18(13-27-21)16-10-9-14(2)15(3)11-16/h6-13H,5H2,1-4H3,(H,23,24)/b22-12-. The molecule has 0 aliphatic carbocycles. The number of hydrogen-bond donors (Lipinski definition) is 1. The number of benzene rings is 2. The fourth-order valence-corrected chi connectivity index (χ4v) is 3.31. The molecule has 0 atom stereocenters. The maximum Gasteiger partial charge on any atom is 0.203 e. The lowest BCUT2D eigenvalue weighted by Gasteiger charge is -2.10. The van der Waals surface area contributed by atoms with Gasteiger partial charge in [0.05, 0.1) is 25.6 Å². The highest BCUT2D eigenvalue weighted by Gasteiger charge is 2.08. The molecule has 3 aromatic rings. The van der Waals surface area contributed by atoms with Crippen LogP contribution in [0.5, 0.6) is 11.5 Å². The average Bonchev–Trinajstić information content (AvgIpc) is 3.13. The van der Waals surface area contributed by atoms with Crippen molar-refractivity contribution < 1.29 is 9.47 Å². The molecule has 0 fully saturated rings. The normalized spacial score (nSPS) is 11.0. The highest BCUT2D eigenvalue weighted by Crippen LogP contribution is 2.30. The van der Waals surface area contributed by atoms with Crippen molar-refractivity contribution in [3.63, 3.8) is 0 Å². The summed E-state index contributed by atoms with van der Waals surface area (Å²) in [5, 5.41) is 7.06. The highest BCUT2D eigenvalue weighted by atomic mass is 32.1. The third-order valence-corrected chi connectivity index (χ3v) is 4.93. The molecule has 3 rings (SSSR count). The zero-order valence-electron chi connectivity index (χ0n) is 15.9. The Bertz CT molecular complexity index is 950. The number of nitrogens with one attached hydrogen (secondary N) is 1. The predicted molar refractivity (Wildman–Crippen MR) is 112 cm³/mol. The molecule has 27 heavy (non-hydrogen) atoms. The minimum absolute atomic E-state index is 0.579. The number of ether oxygens (including phenoxy) is 2. The van der Waals surface area contributed by atoms with Crippen LogP contribution in [0.2, 0.25) is 0 Å². The van der Waals surface area contributed by atoms with Gasteiger partial charge in [0.15, 0.2) is 11.5 Å². The summed E-state index contributed by atoms with van der Waals surface area (Å²) in [4.78, 5) is 4.61. The topological polar surface area (TPSA) is 55.7 Å². The number of hydrogen-bond acceptors (Lipinski definition) is 6. The summed E-state index contributed by atoms with van der Waals surface area (Å²) in [5.41, 5.74) is 8.41. The molecular weight excluding hydrogens is 358 g/mol. The van der Waals surface area contributed by atoms with Crippen LogP contribution in [0.4, 0.5) is 5.13 Å². The van der Waals surface area contributed by atoms with Gasteiger partial charge in [0.25, 0.3) is 0 Å². The first-order chi connectivity index (χ1) is 13.1. The Morgan fingerprint density at radius 2 is 2.04 bits per heavy atom. The third-order valence-electron chi connectivity index (χ3n) is 4.18. The van der Waals surface area contributed by atoms with Crippen molar-refractivity contribution in [2.45, 2.75) is 20.8 Å². The van der Waals surface area contributed by atoms with Gasteiger partial charge in [0, 0.05) is 16.5 Å². The summed E-state index contributed by atoms with van der Waals surface area (Å²) in [5.74, 6) is 1.37. The van der Waals surface area contributed by atoms with Crippen molar-refractivity contribution >= 4 is 22.7 Å². The Morgan fingerprint density at radius 3 is 2.78 bits per heavy atom. The van der Waals surface area contributed by atoms with E-state index in [1.807, 2.05) is 30.5 Å². The quantitative estimate of drug-likeness (QED) is 0.447. The summed E-state index contributed by atoms with van der Waals surface area (Å²) in [6, 6.07) is 12.1. The number of rotatable bonds is 7. The van der Waals surface area contributed by atoms with Crippen LogP contribution in [0.1, 0.15) is 23.6 Å². The molecule has 0 saturated carbocycles. The molecule has 0 aliphatic rings. The molecular formula is C21H23N3O2S. The summed E-state index contributed by atoms with van der Waals surface area (Å²) >= 11 is 1.52. The summed E-state index contributed by atoms with van der Waals surface area (Å²) in [6.07, 6.45) is 1.71. The lowest BCUT2D eigenvalue weighted by Crippen LogP contribution is -1.99. The van der Waals surface area contributed by atoms with Crippen molar-refractivity contribution in [2.24, 2.45) is 5.10 Å². The van der Waals surface area contributed by atoms with Crippen molar-refractivity contribution in [2.75, 3.05) is 19.1 Å². The zero-order chi connectivity index (χ0) is 19.2. The number of nitrogens with zero attached hydrogens (tertiary/aromatic N) is 2. The Morgan fingerprint density at radius 1 is 1.19 bits per heavy atom. The number of thiazole rings is 1. The SMILES string of the molecule is CCOc1cccc(/C=N\Nc2nc(-c3ccc(C)c(C)c3)cs2)c1OC. The summed E-state index contributed by atoms with van der Waals surface area (Å²) in [6.45, 7) is 6.74. The van der Waals surface area contributed by atoms with Gasteiger partial charge in [0.2, 0.25) is 5.13 Å². The molecule has 0 spiro atoms. The van der Waals surface area contributed by atoms with Crippen LogP contribution in [0.3, 0.4) is 0 Å². The molecule has 6 heteroatoms. The summed E-state index contributed by atoms with van der Waals surface area (Å²) < 4.78 is 11.0. The van der Waals surface area contributed by atoms with Gasteiger partial charge in [-0.15, -0.1) is 11.3 Å². The number of methoxy groups -OCH3 is 1. The second-order valence-electron chi connectivity index (χ2n) is 6.02. The molecule has 0 bridgehead atoms. The zero-order valence-corrected chi connectivity index (χ0v) is 16.8. The smallest absolute Gasteiger partial charge is 0.203 e. The molecule has 5 nitrogen and oxygen atoms in total. The Balaban J connectivity index is 1.73. The van der Waals surface area contributed by atoms with Gasteiger partial charge in [-0.25, -0.2) is 4.98 Å². The van der Waals surface area contributed by atoms with E-state index in [1.54, 1.807) is 13.3 Å². The number of para-hydroxylation sites is 1. The van der Waals surface area contributed by atoms with Gasteiger partial charge in [-0.2, -0.15) is 5.10 Å². The van der Waals surface area contributed by atoms with Crippen LogP contribution < -0.4 is 14.9 Å². The van der Waals surface area contributed by atoms with Crippen molar-refractivity contribution in [3.05, 3.63) is 58.5 Å². The molecule has 1 heterocycles. The number of aryl methyl sites for hydroxylation is 2. The molecule has 0 unspecified atom stereocenters. The first-order valence-electron chi connectivity index (χ1n) is 8.74. The molecule has 0 aliphatic heterocycles. The van der Waals surface area contributed by atoms with Crippen LogP contribution in [0.25, 0.3) is 11.3 Å². The van der Waals surface area contributed by atoms with Crippen LogP contribution in [0.15, 0.2) is 46.9 Å². The van der Waals surface area contributed by atoms with E-state index in [1.165, 1.54) is 22.5 Å². The van der Waals surface area contributed by atoms with E-state index >= 15 is 0 Å². The minimum Gasteiger partial charge on any atom is -0.492 e. The van der Waals surface area contributed by atoms with E-state index in [0.29, 0.717) is 18.1 Å². The lowest BCUT2D eigenvalue weighted by atomic mass is 10.1. The Hall–Kier alpha value is -2.86. The van der Waals surface area contributed by atoms with E-state index in [4.69, 9.17) is 9.47 Å². The third kappa shape index (κ3) is 4.46. The van der Waals surface area contributed by atoms with E-state index < -0.39 is 0 Å². The second-order valence-corrected chi connectivity index (χ2v) is 6.88. The van der Waals surface area contributed by atoms with Crippen LogP contribution in [-0.2, 0) is 0 Å². The van der Waals surface area contributed by atoms with Gasteiger partial charge in [0.1, 0.15) is 0 Å². The van der Waals surface area contributed by atoms with Crippen molar-refractivity contribution in [1.29, 1.82) is 0 Å². The highest BCUT2D eigenvalue weighted by molar-refractivity contribution is 7.14. The first-order valence-corrected chi connectivity index (χ1v) is 9.62. The largest absolute Gasteiger partial charge is 0.492 e. The maximum absolute atomic E-state index is 5.59. The van der Waals surface area contributed by atoms with Crippen LogP contribution >= 0.6 is 11.3 Å². The summed E-state index contributed by atoms with van der Waals surface area (Å²) in [7, 11) is 1.62. The van der Waals surface area contributed by atoms with E-state index in [0.717, 1.165) is 22.0 Å². The van der Waals surface area contributed by atoms with Gasteiger partial charge in [-0.1, -0.05) is 18.2 Å². The van der Waals surface area contributed by atoms with Crippen LogP contribution in [0, 0.1) is 13.8 Å². The van der Waals surface area contributed by atoms with E-state index in [2.05, 4.69) is 47.6 Å². The molecule has 0 saturated heterocycles. The fourth-order valence-electron chi connectivity index (χ4n) is 2.64. The van der Waals surface area contributed by atoms with E-state index in [9.17, 15) is 0 Å². The Labute approximate surface area is 163 Å². The fraction of sp³-hybridized carbons (Fsp3) is 0.238. The second kappa shape index (κ2) is 8.68. The first kappa shape index (κ1) is 18.9. The minimum atomic E-state index is 0.579. The van der Waals surface area contributed by atoms with Crippen LogP contribution in [-0.4, -0.2) is 24.9 Å². The molecule has 2 aromatic carbocycles. The number of aromatic nitrogens is 1. The van der Waals surface area contributed by atoms with Gasteiger partial charge < -0.3 is 9.47 Å². The molecule has 0 radical (unpaired) electrons. The molecule has 0 amide bonds. The van der Waals surface area contributed by atoms with Crippen molar-refractivity contribution in [3.8, 4) is 22.8 Å². The van der Waals surface area contributed by atoms with Gasteiger partial charge in [-0.3, -0.25) is 5.43 Å². The van der Waals surface area contributed by atoms with E-state index in [-0.39, 0.29) is 0 Å². The van der Waals surface area contributed by atoms with Gasteiger partial charge >= 0.3 is 0 Å². The molecule has 140 valence electrons. The number of hydrazone groups is 1. The monoisotopic (exact) mass is 381 g/mol. The lowest BCUT2D eigenvalue weighted by molar-refractivity contribution is 0.311. The molecule has 1 aromatic heterocycles. The molecule has 1 N–H and O–H groups in total. The Kier molecular flexibility index (Phi) is 6.08. The maximum atomic E-state index is 5.59. The number of anilines is 1. The predicted octanol–water partition coefficient (Wildman–Crippen LogP) is 5.28. The van der Waals surface area contributed by atoms with Gasteiger partial charge in [-0.05, 0) is 50.1 Å².